The molecule has 0 aliphatic heterocycles. The second-order valence-electron chi connectivity index (χ2n) is 6.16. The Kier molecular flexibility index (Phi) is 5.41. The molecule has 0 saturated heterocycles. The van der Waals surface area contributed by atoms with E-state index in [0.717, 1.165) is 17.5 Å². The van der Waals surface area contributed by atoms with Gasteiger partial charge in [0.2, 0.25) is 0 Å². The van der Waals surface area contributed by atoms with Gasteiger partial charge < -0.3 is 5.32 Å². The van der Waals surface area contributed by atoms with Gasteiger partial charge in [0.25, 0.3) is 0 Å². The minimum Gasteiger partial charge on any atom is -0.382 e. The van der Waals surface area contributed by atoms with E-state index >= 15 is 0 Å². The van der Waals surface area contributed by atoms with Crippen molar-refractivity contribution in [1.29, 1.82) is 0 Å². The van der Waals surface area contributed by atoms with Gasteiger partial charge in [-0.05, 0) is 49.3 Å². The SMILES string of the molecule is CC(C)CC1CCCC(Nc2cc(Cl)cc(Cl)c2)C1. The Labute approximate surface area is 126 Å². The highest BCUT2D eigenvalue weighted by Gasteiger charge is 2.22. The van der Waals surface area contributed by atoms with E-state index in [9.17, 15) is 0 Å². The molecule has 1 N–H and O–H groups in total. The molecule has 19 heavy (non-hydrogen) atoms. The summed E-state index contributed by atoms with van der Waals surface area (Å²) in [7, 11) is 0. The molecule has 1 aromatic rings. The highest BCUT2D eigenvalue weighted by atomic mass is 35.5. The second kappa shape index (κ2) is 6.85. The quantitative estimate of drug-likeness (QED) is 0.718. The standard InChI is InChI=1S/C16H23Cl2N/c1-11(2)6-12-4-3-5-15(7-12)19-16-9-13(17)8-14(18)10-16/h8-12,15,19H,3-7H2,1-2H3. The molecule has 1 aromatic carbocycles. The molecule has 1 nitrogen and oxygen atoms in total. The van der Waals surface area contributed by atoms with Gasteiger partial charge in [0.05, 0.1) is 0 Å². The van der Waals surface area contributed by atoms with Crippen LogP contribution in [0.4, 0.5) is 5.69 Å². The summed E-state index contributed by atoms with van der Waals surface area (Å²) in [6.07, 6.45) is 6.56. The molecule has 106 valence electrons. The zero-order valence-electron chi connectivity index (χ0n) is 11.8. The number of anilines is 1. The van der Waals surface area contributed by atoms with Gasteiger partial charge in [-0.3, -0.25) is 0 Å². The summed E-state index contributed by atoms with van der Waals surface area (Å²) in [6.45, 7) is 4.63. The van der Waals surface area contributed by atoms with Crippen molar-refractivity contribution < 1.29 is 0 Å². The number of hydrogen-bond acceptors (Lipinski definition) is 1. The smallest absolute Gasteiger partial charge is 0.0441 e. The van der Waals surface area contributed by atoms with E-state index in [4.69, 9.17) is 23.2 Å². The summed E-state index contributed by atoms with van der Waals surface area (Å²) in [5.74, 6) is 1.66. The zero-order chi connectivity index (χ0) is 13.8. The summed E-state index contributed by atoms with van der Waals surface area (Å²) in [5.41, 5.74) is 1.05. The van der Waals surface area contributed by atoms with Crippen LogP contribution >= 0.6 is 23.2 Å². The zero-order valence-corrected chi connectivity index (χ0v) is 13.3. The Morgan fingerprint density at radius 2 is 1.84 bits per heavy atom. The Bertz CT molecular complexity index is 397. The number of hydrogen-bond donors (Lipinski definition) is 1. The number of nitrogens with one attached hydrogen (secondary N) is 1. The topological polar surface area (TPSA) is 12.0 Å². The first-order valence-corrected chi connectivity index (χ1v) is 8.01. The fraction of sp³-hybridized carbons (Fsp3) is 0.625. The van der Waals surface area contributed by atoms with Crippen molar-refractivity contribution in [3.63, 3.8) is 0 Å². The van der Waals surface area contributed by atoms with E-state index in [1.807, 2.05) is 12.1 Å². The lowest BCUT2D eigenvalue weighted by atomic mass is 9.81. The van der Waals surface area contributed by atoms with Gasteiger partial charge in [-0.1, -0.05) is 49.9 Å². The minimum atomic E-state index is 0.562. The minimum absolute atomic E-state index is 0.562. The molecule has 0 spiro atoms. The summed E-state index contributed by atoms with van der Waals surface area (Å²) < 4.78 is 0. The molecular weight excluding hydrogens is 277 g/mol. The fourth-order valence-corrected chi connectivity index (χ4v) is 3.70. The molecule has 2 unspecified atom stereocenters. The van der Waals surface area contributed by atoms with Crippen molar-refractivity contribution in [2.45, 2.75) is 52.0 Å². The van der Waals surface area contributed by atoms with Gasteiger partial charge in [-0.2, -0.15) is 0 Å². The first kappa shape index (κ1) is 15.0. The maximum Gasteiger partial charge on any atom is 0.0441 e. The van der Waals surface area contributed by atoms with Crippen LogP contribution in [0, 0.1) is 11.8 Å². The molecule has 0 bridgehead atoms. The van der Waals surface area contributed by atoms with Crippen LogP contribution in [-0.4, -0.2) is 6.04 Å². The van der Waals surface area contributed by atoms with E-state index in [0.29, 0.717) is 16.1 Å². The van der Waals surface area contributed by atoms with Gasteiger partial charge >= 0.3 is 0 Å². The van der Waals surface area contributed by atoms with E-state index in [1.54, 1.807) is 6.07 Å². The van der Waals surface area contributed by atoms with Crippen LogP contribution in [-0.2, 0) is 0 Å². The van der Waals surface area contributed by atoms with Crippen LogP contribution < -0.4 is 5.32 Å². The fourth-order valence-electron chi connectivity index (χ4n) is 3.18. The number of rotatable bonds is 4. The molecular formula is C16H23Cl2N. The number of benzene rings is 1. The highest BCUT2D eigenvalue weighted by molar-refractivity contribution is 6.35. The summed E-state index contributed by atoms with van der Waals surface area (Å²) in [6, 6.07) is 6.25. The monoisotopic (exact) mass is 299 g/mol. The molecule has 3 heteroatoms. The molecule has 1 fully saturated rings. The highest BCUT2D eigenvalue weighted by Crippen LogP contribution is 2.32. The lowest BCUT2D eigenvalue weighted by molar-refractivity contribution is 0.289. The lowest BCUT2D eigenvalue weighted by Gasteiger charge is -2.31. The van der Waals surface area contributed by atoms with Crippen LogP contribution in [0.2, 0.25) is 10.0 Å². The first-order valence-electron chi connectivity index (χ1n) is 7.25. The summed E-state index contributed by atoms with van der Waals surface area (Å²) >= 11 is 12.1. The summed E-state index contributed by atoms with van der Waals surface area (Å²) in [5, 5.41) is 4.99. The second-order valence-corrected chi connectivity index (χ2v) is 7.03. The van der Waals surface area contributed by atoms with Crippen molar-refractivity contribution in [1.82, 2.24) is 0 Å². The van der Waals surface area contributed by atoms with Gasteiger partial charge in [-0.25, -0.2) is 0 Å². The van der Waals surface area contributed by atoms with Crippen LogP contribution in [0.3, 0.4) is 0 Å². The molecule has 2 atom stereocenters. The maximum absolute atomic E-state index is 6.04. The Morgan fingerprint density at radius 1 is 1.16 bits per heavy atom. The Hall–Kier alpha value is -0.400. The predicted octanol–water partition coefficient (Wildman–Crippen LogP) is 6.01. The van der Waals surface area contributed by atoms with Crippen LogP contribution in [0.15, 0.2) is 18.2 Å². The first-order chi connectivity index (χ1) is 9.02. The maximum atomic E-state index is 6.04. The molecule has 0 aromatic heterocycles. The normalized spacial score (nSPS) is 23.6. The largest absolute Gasteiger partial charge is 0.382 e. The molecule has 0 heterocycles. The molecule has 0 amide bonds. The molecule has 2 rings (SSSR count). The van der Waals surface area contributed by atoms with E-state index in [-0.39, 0.29) is 0 Å². The van der Waals surface area contributed by atoms with E-state index in [2.05, 4.69) is 19.2 Å². The summed E-state index contributed by atoms with van der Waals surface area (Å²) in [4.78, 5) is 0. The van der Waals surface area contributed by atoms with Gasteiger partial charge in [0, 0.05) is 21.8 Å². The van der Waals surface area contributed by atoms with E-state index < -0.39 is 0 Å². The van der Waals surface area contributed by atoms with Gasteiger partial charge in [0.15, 0.2) is 0 Å². The van der Waals surface area contributed by atoms with Gasteiger partial charge in [0.1, 0.15) is 0 Å². The molecule has 0 radical (unpaired) electrons. The van der Waals surface area contributed by atoms with Crippen LogP contribution in [0.1, 0.15) is 46.0 Å². The van der Waals surface area contributed by atoms with Crippen LogP contribution in [0.25, 0.3) is 0 Å². The van der Waals surface area contributed by atoms with Crippen molar-refractivity contribution >= 4 is 28.9 Å². The third-order valence-corrected chi connectivity index (χ3v) is 4.26. The van der Waals surface area contributed by atoms with Crippen molar-refractivity contribution in [2.75, 3.05) is 5.32 Å². The Balaban J connectivity index is 1.94. The van der Waals surface area contributed by atoms with Crippen molar-refractivity contribution in [3.05, 3.63) is 28.2 Å². The average Bonchev–Trinajstić information content (AvgIpc) is 2.26. The number of halogens is 2. The average molecular weight is 300 g/mol. The third-order valence-electron chi connectivity index (χ3n) is 3.82. The van der Waals surface area contributed by atoms with Crippen LogP contribution in [0.5, 0.6) is 0 Å². The lowest BCUT2D eigenvalue weighted by Crippen LogP contribution is -2.27. The molecule has 1 saturated carbocycles. The Morgan fingerprint density at radius 3 is 2.47 bits per heavy atom. The molecule has 1 aliphatic carbocycles. The van der Waals surface area contributed by atoms with Crippen molar-refractivity contribution in [3.8, 4) is 0 Å². The van der Waals surface area contributed by atoms with Gasteiger partial charge in [-0.15, -0.1) is 0 Å². The molecule has 1 aliphatic rings. The third kappa shape index (κ3) is 4.89. The predicted molar refractivity (Wildman–Crippen MR) is 85.3 cm³/mol. The van der Waals surface area contributed by atoms with E-state index in [1.165, 1.54) is 32.1 Å². The van der Waals surface area contributed by atoms with Crippen molar-refractivity contribution in [2.24, 2.45) is 11.8 Å².